The summed E-state index contributed by atoms with van der Waals surface area (Å²) in [6.45, 7) is 3.89. The van der Waals surface area contributed by atoms with Crippen LogP contribution in [0.1, 0.15) is 23.0 Å². The summed E-state index contributed by atoms with van der Waals surface area (Å²) in [6.07, 6.45) is 0.775. The predicted molar refractivity (Wildman–Crippen MR) is 76.7 cm³/mol. The largest absolute Gasteiger partial charge is 0.477 e. The van der Waals surface area contributed by atoms with Crippen molar-refractivity contribution in [2.24, 2.45) is 0 Å². The maximum Gasteiger partial charge on any atom is 0.345 e. The van der Waals surface area contributed by atoms with Crippen LogP contribution in [0.2, 0.25) is 0 Å². The van der Waals surface area contributed by atoms with Crippen LogP contribution in [0.25, 0.3) is 0 Å². The van der Waals surface area contributed by atoms with Crippen LogP contribution >= 0.6 is 11.3 Å². The van der Waals surface area contributed by atoms with Gasteiger partial charge in [-0.15, -0.1) is 11.3 Å². The van der Waals surface area contributed by atoms with E-state index < -0.39 is 16.0 Å². The lowest BCUT2D eigenvalue weighted by Crippen LogP contribution is -2.41. The number of rotatable bonds is 3. The van der Waals surface area contributed by atoms with E-state index in [1.165, 1.54) is 16.4 Å². The second-order valence-corrected chi connectivity index (χ2v) is 8.21. The highest BCUT2D eigenvalue weighted by Gasteiger charge is 2.32. The molecule has 6 nitrogen and oxygen atoms in total. The zero-order chi connectivity index (χ0) is 14.9. The molecule has 1 aromatic heterocycles. The van der Waals surface area contributed by atoms with E-state index in [0.29, 0.717) is 13.1 Å². The summed E-state index contributed by atoms with van der Waals surface area (Å²) < 4.78 is 26.8. The summed E-state index contributed by atoms with van der Waals surface area (Å²) in [5, 5.41) is 8.90. The Morgan fingerprint density at radius 2 is 2.10 bits per heavy atom. The molecule has 0 amide bonds. The molecule has 0 saturated carbocycles. The number of carboxylic acid groups (broad SMARTS) is 1. The maximum atomic E-state index is 12.6. The Bertz CT molecular complexity index is 596. The third kappa shape index (κ3) is 3.03. The van der Waals surface area contributed by atoms with Crippen molar-refractivity contribution < 1.29 is 18.3 Å². The van der Waals surface area contributed by atoms with Crippen molar-refractivity contribution >= 4 is 27.3 Å². The Kier molecular flexibility index (Phi) is 4.48. The van der Waals surface area contributed by atoms with Crippen molar-refractivity contribution in [1.29, 1.82) is 0 Å². The first-order valence-corrected chi connectivity index (χ1v) is 8.61. The lowest BCUT2D eigenvalue weighted by Gasteiger charge is -2.26. The lowest BCUT2D eigenvalue weighted by atomic mass is 10.3. The Morgan fingerprint density at radius 3 is 2.70 bits per heavy atom. The first-order valence-electron chi connectivity index (χ1n) is 6.36. The summed E-state index contributed by atoms with van der Waals surface area (Å²) in [6, 6.07) is 2.60. The fraction of sp³-hybridized carbons (Fsp3) is 0.583. The van der Waals surface area contributed by atoms with E-state index in [1.807, 2.05) is 14.0 Å². The zero-order valence-corrected chi connectivity index (χ0v) is 13.1. The van der Waals surface area contributed by atoms with Crippen LogP contribution in [0.5, 0.6) is 0 Å². The van der Waals surface area contributed by atoms with Crippen LogP contribution in [-0.4, -0.2) is 61.4 Å². The van der Waals surface area contributed by atoms with Crippen LogP contribution in [0.3, 0.4) is 0 Å². The van der Waals surface area contributed by atoms with Gasteiger partial charge in [0.25, 0.3) is 10.0 Å². The average Bonchev–Trinajstić information content (AvgIpc) is 2.78. The molecule has 1 atom stereocenters. The van der Waals surface area contributed by atoms with Crippen molar-refractivity contribution in [2.45, 2.75) is 23.6 Å². The van der Waals surface area contributed by atoms with E-state index in [4.69, 9.17) is 5.11 Å². The number of carbonyl (C=O) groups is 1. The molecule has 0 aromatic carbocycles. The predicted octanol–water partition coefficient (Wildman–Crippen LogP) is 1.16. The first-order chi connectivity index (χ1) is 9.32. The molecule has 0 spiro atoms. The van der Waals surface area contributed by atoms with E-state index in [9.17, 15) is 13.2 Å². The normalized spacial score (nSPS) is 22.6. The molecule has 1 aliphatic heterocycles. The average molecular weight is 318 g/mol. The highest BCUT2D eigenvalue weighted by atomic mass is 32.2. The van der Waals surface area contributed by atoms with E-state index in [-0.39, 0.29) is 15.1 Å². The SMILES string of the molecule is CC1CN(C)CCCN1S(=O)(=O)c1ccc(C(=O)O)s1. The second-order valence-electron chi connectivity index (χ2n) is 5.00. The van der Waals surface area contributed by atoms with Crippen LogP contribution < -0.4 is 0 Å². The molecule has 0 radical (unpaired) electrons. The minimum Gasteiger partial charge on any atom is -0.477 e. The third-order valence-corrected chi connectivity index (χ3v) is 6.90. The quantitative estimate of drug-likeness (QED) is 0.905. The van der Waals surface area contributed by atoms with Gasteiger partial charge >= 0.3 is 5.97 Å². The maximum absolute atomic E-state index is 12.6. The van der Waals surface area contributed by atoms with Gasteiger partial charge in [0, 0.05) is 19.1 Å². The summed E-state index contributed by atoms with van der Waals surface area (Å²) in [4.78, 5) is 13.0. The van der Waals surface area contributed by atoms with Crippen LogP contribution in [-0.2, 0) is 10.0 Å². The van der Waals surface area contributed by atoms with Crippen molar-refractivity contribution in [3.05, 3.63) is 17.0 Å². The van der Waals surface area contributed by atoms with Crippen LogP contribution in [0, 0.1) is 0 Å². The number of aromatic carboxylic acids is 1. The number of nitrogens with zero attached hydrogens (tertiary/aromatic N) is 2. The molecule has 2 heterocycles. The number of hydrogen-bond donors (Lipinski definition) is 1. The van der Waals surface area contributed by atoms with Gasteiger partial charge in [0.2, 0.25) is 0 Å². The minimum atomic E-state index is -3.61. The Hall–Kier alpha value is -0.960. The monoisotopic (exact) mass is 318 g/mol. The molecule has 0 bridgehead atoms. The Balaban J connectivity index is 2.30. The molecule has 112 valence electrons. The Morgan fingerprint density at radius 1 is 1.40 bits per heavy atom. The molecule has 1 fully saturated rings. The summed E-state index contributed by atoms with van der Waals surface area (Å²) in [5.41, 5.74) is 0. The number of likely N-dealkylation sites (N-methyl/N-ethyl adjacent to an activating group) is 1. The van der Waals surface area contributed by atoms with Crippen molar-refractivity contribution in [1.82, 2.24) is 9.21 Å². The van der Waals surface area contributed by atoms with E-state index >= 15 is 0 Å². The van der Waals surface area contributed by atoms with Gasteiger partial charge in [0.15, 0.2) is 0 Å². The molecule has 1 N–H and O–H groups in total. The fourth-order valence-corrected chi connectivity index (χ4v) is 5.33. The van der Waals surface area contributed by atoms with Crippen LogP contribution in [0.4, 0.5) is 0 Å². The zero-order valence-electron chi connectivity index (χ0n) is 11.4. The van der Waals surface area contributed by atoms with E-state index in [2.05, 4.69) is 4.90 Å². The van der Waals surface area contributed by atoms with Gasteiger partial charge in [-0.25, -0.2) is 13.2 Å². The lowest BCUT2D eigenvalue weighted by molar-refractivity contribution is 0.0702. The molecule has 1 aliphatic rings. The number of thiophene rings is 1. The minimum absolute atomic E-state index is 0.0446. The number of carboxylic acids is 1. The Labute approximate surface area is 122 Å². The smallest absolute Gasteiger partial charge is 0.345 e. The second kappa shape index (κ2) is 5.80. The van der Waals surface area contributed by atoms with Crippen molar-refractivity contribution in [3.8, 4) is 0 Å². The van der Waals surface area contributed by atoms with Gasteiger partial charge in [0.1, 0.15) is 9.09 Å². The van der Waals surface area contributed by atoms with E-state index in [0.717, 1.165) is 24.3 Å². The van der Waals surface area contributed by atoms with Gasteiger partial charge in [-0.2, -0.15) is 4.31 Å². The molecule has 1 saturated heterocycles. The van der Waals surface area contributed by atoms with Crippen LogP contribution in [0.15, 0.2) is 16.3 Å². The van der Waals surface area contributed by atoms with Crippen molar-refractivity contribution in [2.75, 3.05) is 26.7 Å². The molecular formula is C12H18N2O4S2. The highest BCUT2D eigenvalue weighted by Crippen LogP contribution is 2.27. The van der Waals surface area contributed by atoms with Gasteiger partial charge in [-0.1, -0.05) is 0 Å². The molecule has 1 unspecified atom stereocenters. The molecular weight excluding hydrogens is 300 g/mol. The number of sulfonamides is 1. The molecule has 1 aromatic rings. The molecule has 20 heavy (non-hydrogen) atoms. The fourth-order valence-electron chi connectivity index (χ4n) is 2.40. The van der Waals surface area contributed by atoms with E-state index in [1.54, 1.807) is 0 Å². The summed E-state index contributed by atoms with van der Waals surface area (Å²) >= 11 is 0.808. The molecule has 2 rings (SSSR count). The van der Waals surface area contributed by atoms with Crippen molar-refractivity contribution in [3.63, 3.8) is 0 Å². The number of hydrogen-bond acceptors (Lipinski definition) is 5. The van der Waals surface area contributed by atoms with Gasteiger partial charge in [0.05, 0.1) is 0 Å². The summed E-state index contributed by atoms with van der Waals surface area (Å²) in [7, 11) is -1.64. The third-order valence-electron chi connectivity index (χ3n) is 3.34. The highest BCUT2D eigenvalue weighted by molar-refractivity contribution is 7.91. The molecule has 8 heteroatoms. The van der Waals surface area contributed by atoms with Gasteiger partial charge in [-0.3, -0.25) is 0 Å². The standard InChI is InChI=1S/C12H18N2O4S2/c1-9-8-13(2)6-3-7-14(9)20(17,18)11-5-4-10(19-11)12(15)16/h4-5,9H,3,6-8H2,1-2H3,(H,15,16). The topological polar surface area (TPSA) is 77.9 Å². The summed E-state index contributed by atoms with van der Waals surface area (Å²) in [5.74, 6) is -1.10. The van der Waals surface area contributed by atoms with Gasteiger partial charge in [-0.05, 0) is 39.1 Å². The van der Waals surface area contributed by atoms with Gasteiger partial charge < -0.3 is 10.0 Å². The molecule has 0 aliphatic carbocycles. The first kappa shape index (κ1) is 15.4.